The lowest BCUT2D eigenvalue weighted by Gasteiger charge is -2.05. The lowest BCUT2D eigenvalue weighted by molar-refractivity contribution is -0.134. The number of carbonyl (C=O) groups is 1. The Bertz CT molecular complexity index is 516. The lowest BCUT2D eigenvalue weighted by Crippen LogP contribution is -2.07. The Kier molecular flexibility index (Phi) is 13.2. The molecule has 0 aromatic heterocycles. The lowest BCUT2D eigenvalue weighted by atomic mass is 10.0. The van der Waals surface area contributed by atoms with Crippen molar-refractivity contribution in [2.24, 2.45) is 0 Å². The summed E-state index contributed by atoms with van der Waals surface area (Å²) in [6.45, 7) is 2.26. The molecule has 0 unspecified atom stereocenters. The largest absolute Gasteiger partial charge is 0.427 e. The third kappa shape index (κ3) is 11.7. The summed E-state index contributed by atoms with van der Waals surface area (Å²) in [4.78, 5) is 11.8. The zero-order valence-electron chi connectivity index (χ0n) is 16.5. The first-order valence-electron chi connectivity index (χ1n) is 10.5. The third-order valence-corrected chi connectivity index (χ3v) is 4.70. The maximum absolute atomic E-state index is 11.8. The van der Waals surface area contributed by atoms with Gasteiger partial charge in [-0.2, -0.15) is 5.26 Å². The molecule has 0 radical (unpaired) electrons. The van der Waals surface area contributed by atoms with Gasteiger partial charge in [0.1, 0.15) is 5.75 Å². The molecule has 3 heteroatoms. The molecule has 3 nitrogen and oxygen atoms in total. The summed E-state index contributed by atoms with van der Waals surface area (Å²) in [6, 6.07) is 8.70. The highest BCUT2D eigenvalue weighted by Crippen LogP contribution is 2.15. The van der Waals surface area contributed by atoms with Gasteiger partial charge in [-0.3, -0.25) is 4.79 Å². The molecule has 0 aliphatic rings. The van der Waals surface area contributed by atoms with Crippen LogP contribution in [0, 0.1) is 11.3 Å². The molecular weight excluding hydrogens is 322 g/mol. The Hall–Kier alpha value is -1.82. The quantitative estimate of drug-likeness (QED) is 0.194. The van der Waals surface area contributed by atoms with Gasteiger partial charge in [0.2, 0.25) is 0 Å². The summed E-state index contributed by atoms with van der Waals surface area (Å²) >= 11 is 0. The molecule has 1 rings (SSSR count). The first kappa shape index (κ1) is 22.2. The highest BCUT2D eigenvalue weighted by molar-refractivity contribution is 5.72. The van der Waals surface area contributed by atoms with Crippen molar-refractivity contribution in [3.8, 4) is 11.8 Å². The minimum Gasteiger partial charge on any atom is -0.427 e. The van der Waals surface area contributed by atoms with Gasteiger partial charge < -0.3 is 4.74 Å². The van der Waals surface area contributed by atoms with Crippen LogP contribution in [0.15, 0.2) is 24.3 Å². The summed E-state index contributed by atoms with van der Waals surface area (Å²) in [7, 11) is 0. The number of benzene rings is 1. The van der Waals surface area contributed by atoms with Crippen LogP contribution in [0.4, 0.5) is 0 Å². The maximum Gasteiger partial charge on any atom is 0.311 e. The molecule has 0 spiro atoms. The van der Waals surface area contributed by atoms with E-state index in [4.69, 9.17) is 10.00 Å². The molecule has 144 valence electrons. The van der Waals surface area contributed by atoms with Crippen LogP contribution in [-0.2, 0) is 4.79 Å². The fraction of sp³-hybridized carbons (Fsp3) is 0.652. The maximum atomic E-state index is 11.8. The van der Waals surface area contributed by atoms with Crippen LogP contribution in [-0.4, -0.2) is 5.97 Å². The zero-order valence-corrected chi connectivity index (χ0v) is 16.5. The summed E-state index contributed by atoms with van der Waals surface area (Å²) in [5, 5.41) is 8.74. The normalized spacial score (nSPS) is 10.5. The molecule has 0 aliphatic heterocycles. The van der Waals surface area contributed by atoms with E-state index in [2.05, 4.69) is 6.92 Å². The predicted octanol–water partition coefficient (Wildman–Crippen LogP) is 6.94. The van der Waals surface area contributed by atoms with Crippen molar-refractivity contribution in [2.75, 3.05) is 0 Å². The number of hydrogen-bond donors (Lipinski definition) is 0. The Morgan fingerprint density at radius 3 is 1.73 bits per heavy atom. The van der Waals surface area contributed by atoms with E-state index in [0.717, 1.165) is 12.8 Å². The van der Waals surface area contributed by atoms with E-state index in [1.54, 1.807) is 24.3 Å². The van der Waals surface area contributed by atoms with Crippen molar-refractivity contribution in [3.63, 3.8) is 0 Å². The predicted molar refractivity (Wildman–Crippen MR) is 107 cm³/mol. The minimum atomic E-state index is -0.183. The third-order valence-electron chi connectivity index (χ3n) is 4.70. The van der Waals surface area contributed by atoms with Gasteiger partial charge in [-0.05, 0) is 30.7 Å². The topological polar surface area (TPSA) is 50.1 Å². The highest BCUT2D eigenvalue weighted by atomic mass is 16.5. The van der Waals surface area contributed by atoms with Crippen LogP contribution in [0.2, 0.25) is 0 Å². The van der Waals surface area contributed by atoms with Crippen LogP contribution in [0.1, 0.15) is 102 Å². The number of unbranched alkanes of at least 4 members (excludes halogenated alkanes) is 12. The van der Waals surface area contributed by atoms with Gasteiger partial charge in [0.15, 0.2) is 0 Å². The molecular formula is C23H35NO2. The first-order chi connectivity index (χ1) is 12.8. The molecule has 1 aromatic carbocycles. The molecule has 0 saturated carbocycles. The Morgan fingerprint density at radius 1 is 0.808 bits per heavy atom. The fourth-order valence-corrected chi connectivity index (χ4v) is 3.07. The Balaban J connectivity index is 1.89. The van der Waals surface area contributed by atoms with E-state index < -0.39 is 0 Å². The van der Waals surface area contributed by atoms with E-state index in [1.165, 1.54) is 70.6 Å². The van der Waals surface area contributed by atoms with Gasteiger partial charge in [0.25, 0.3) is 0 Å². The van der Waals surface area contributed by atoms with Crippen molar-refractivity contribution in [3.05, 3.63) is 29.8 Å². The van der Waals surface area contributed by atoms with Gasteiger partial charge in [-0.25, -0.2) is 0 Å². The highest BCUT2D eigenvalue weighted by Gasteiger charge is 2.04. The van der Waals surface area contributed by atoms with Crippen molar-refractivity contribution in [1.29, 1.82) is 5.26 Å². The molecule has 0 aliphatic carbocycles. The minimum absolute atomic E-state index is 0.183. The van der Waals surface area contributed by atoms with Crippen molar-refractivity contribution in [1.82, 2.24) is 0 Å². The van der Waals surface area contributed by atoms with Gasteiger partial charge >= 0.3 is 5.97 Å². The first-order valence-corrected chi connectivity index (χ1v) is 10.5. The fourth-order valence-electron chi connectivity index (χ4n) is 3.07. The molecule has 0 fully saturated rings. The molecule has 0 N–H and O–H groups in total. The second-order valence-electron chi connectivity index (χ2n) is 7.10. The average Bonchev–Trinajstić information content (AvgIpc) is 2.66. The van der Waals surface area contributed by atoms with Crippen LogP contribution in [0.5, 0.6) is 5.75 Å². The zero-order chi connectivity index (χ0) is 18.9. The second kappa shape index (κ2) is 15.4. The number of esters is 1. The van der Waals surface area contributed by atoms with Crippen LogP contribution < -0.4 is 4.74 Å². The van der Waals surface area contributed by atoms with Gasteiger partial charge in [-0.1, -0.05) is 84.0 Å². The van der Waals surface area contributed by atoms with Crippen LogP contribution in [0.25, 0.3) is 0 Å². The molecule has 0 bridgehead atoms. The van der Waals surface area contributed by atoms with E-state index >= 15 is 0 Å². The molecule has 1 aromatic rings. The van der Waals surface area contributed by atoms with Crippen molar-refractivity contribution in [2.45, 2.75) is 96.8 Å². The van der Waals surface area contributed by atoms with E-state index in [1.807, 2.05) is 6.07 Å². The summed E-state index contributed by atoms with van der Waals surface area (Å²) in [6.07, 6.45) is 17.3. The van der Waals surface area contributed by atoms with Crippen molar-refractivity contribution < 1.29 is 9.53 Å². The number of carbonyl (C=O) groups excluding carboxylic acids is 1. The molecule has 0 amide bonds. The Morgan fingerprint density at radius 2 is 1.27 bits per heavy atom. The summed E-state index contributed by atoms with van der Waals surface area (Å²) < 4.78 is 5.27. The SMILES string of the molecule is CCCCCCCCCCCCCCCC(=O)Oc1ccc(C#N)cc1. The van der Waals surface area contributed by atoms with Gasteiger partial charge in [0.05, 0.1) is 11.6 Å². The standard InChI is InChI=1S/C23H35NO2/c1-2-3-4-5-6-7-8-9-10-11-12-13-14-15-23(25)26-22-18-16-21(20-24)17-19-22/h16-19H,2-15H2,1H3. The van der Waals surface area contributed by atoms with Gasteiger partial charge in [0, 0.05) is 6.42 Å². The summed E-state index contributed by atoms with van der Waals surface area (Å²) in [5.41, 5.74) is 0.571. The summed E-state index contributed by atoms with van der Waals surface area (Å²) in [5.74, 6) is 0.335. The van der Waals surface area contributed by atoms with E-state index in [9.17, 15) is 4.79 Å². The second-order valence-corrected chi connectivity index (χ2v) is 7.10. The Labute approximate surface area is 159 Å². The monoisotopic (exact) mass is 357 g/mol. The molecule has 0 saturated heterocycles. The number of ether oxygens (including phenoxy) is 1. The molecule has 26 heavy (non-hydrogen) atoms. The van der Waals surface area contributed by atoms with Crippen molar-refractivity contribution >= 4 is 5.97 Å². The van der Waals surface area contributed by atoms with Gasteiger partial charge in [-0.15, -0.1) is 0 Å². The van der Waals surface area contributed by atoms with E-state index in [0.29, 0.717) is 17.7 Å². The van der Waals surface area contributed by atoms with Crippen LogP contribution in [0.3, 0.4) is 0 Å². The number of rotatable bonds is 15. The van der Waals surface area contributed by atoms with Crippen LogP contribution >= 0.6 is 0 Å². The average molecular weight is 358 g/mol. The molecule has 0 atom stereocenters. The van der Waals surface area contributed by atoms with E-state index in [-0.39, 0.29) is 5.97 Å². The molecule has 0 heterocycles. The number of hydrogen-bond acceptors (Lipinski definition) is 3. The smallest absolute Gasteiger partial charge is 0.311 e. The number of nitriles is 1. The number of nitrogens with zero attached hydrogens (tertiary/aromatic N) is 1.